The zero-order chi connectivity index (χ0) is 16.4. The summed E-state index contributed by atoms with van der Waals surface area (Å²) in [5.41, 5.74) is 2.37. The molecule has 3 heterocycles. The fourth-order valence-electron chi connectivity index (χ4n) is 3.04. The summed E-state index contributed by atoms with van der Waals surface area (Å²) in [5.74, 6) is 1.000. The summed E-state index contributed by atoms with van der Waals surface area (Å²) in [7, 11) is 0. The van der Waals surface area contributed by atoms with Gasteiger partial charge >= 0.3 is 0 Å². The van der Waals surface area contributed by atoms with Gasteiger partial charge in [0.25, 0.3) is 0 Å². The lowest BCUT2D eigenvalue weighted by molar-refractivity contribution is 0.0546. The molecule has 0 bridgehead atoms. The molecule has 1 fully saturated rings. The van der Waals surface area contributed by atoms with Crippen LogP contribution in [0.4, 0.5) is 0 Å². The van der Waals surface area contributed by atoms with Crippen molar-refractivity contribution >= 4 is 22.5 Å². The SMILES string of the molecule is Clc1cncc(OCC2CN(Cc3ccnc4ccccc34)C2)n1. The number of rotatable bonds is 5. The van der Waals surface area contributed by atoms with Gasteiger partial charge < -0.3 is 4.74 Å². The number of aromatic nitrogens is 3. The molecular formula is C18H17ClN4O. The van der Waals surface area contributed by atoms with E-state index in [0.29, 0.717) is 23.6 Å². The van der Waals surface area contributed by atoms with Gasteiger partial charge in [-0.3, -0.25) is 14.9 Å². The van der Waals surface area contributed by atoms with E-state index in [0.717, 1.165) is 25.2 Å². The first-order valence-corrected chi connectivity index (χ1v) is 8.31. The number of pyridine rings is 1. The molecular weight excluding hydrogens is 324 g/mol. The van der Waals surface area contributed by atoms with Crippen LogP contribution in [0.2, 0.25) is 5.15 Å². The average molecular weight is 341 g/mol. The van der Waals surface area contributed by atoms with Gasteiger partial charge in [0.05, 0.1) is 24.5 Å². The number of fused-ring (bicyclic) bond motifs is 1. The Hall–Kier alpha value is -2.24. The Morgan fingerprint density at radius 2 is 2.04 bits per heavy atom. The summed E-state index contributed by atoms with van der Waals surface area (Å²) >= 11 is 5.80. The standard InChI is InChI=1S/C18H17ClN4O/c19-17-7-20-8-18(22-17)24-12-13-9-23(10-13)11-14-5-6-21-16-4-2-1-3-15(14)16/h1-8,13H,9-12H2. The molecule has 0 radical (unpaired) electrons. The molecule has 1 saturated heterocycles. The Morgan fingerprint density at radius 3 is 2.92 bits per heavy atom. The number of nitrogens with zero attached hydrogens (tertiary/aromatic N) is 4. The van der Waals surface area contributed by atoms with Crippen molar-refractivity contribution in [1.82, 2.24) is 19.9 Å². The van der Waals surface area contributed by atoms with Crippen LogP contribution in [0, 0.1) is 5.92 Å². The minimum atomic E-state index is 0.354. The third-order valence-corrected chi connectivity index (χ3v) is 4.40. The van der Waals surface area contributed by atoms with Crippen molar-refractivity contribution in [3.8, 4) is 5.88 Å². The Kier molecular flexibility index (Phi) is 4.28. The van der Waals surface area contributed by atoms with Crippen LogP contribution < -0.4 is 4.74 Å². The van der Waals surface area contributed by atoms with E-state index >= 15 is 0 Å². The van der Waals surface area contributed by atoms with Crippen molar-refractivity contribution in [2.75, 3.05) is 19.7 Å². The number of ether oxygens (including phenoxy) is 1. The molecule has 24 heavy (non-hydrogen) atoms. The van der Waals surface area contributed by atoms with Crippen molar-refractivity contribution in [2.24, 2.45) is 5.92 Å². The van der Waals surface area contributed by atoms with E-state index in [-0.39, 0.29) is 0 Å². The van der Waals surface area contributed by atoms with Gasteiger partial charge in [0.1, 0.15) is 0 Å². The Labute approximate surface area is 145 Å². The van der Waals surface area contributed by atoms with Gasteiger partial charge in [-0.1, -0.05) is 29.8 Å². The van der Waals surface area contributed by atoms with Crippen LogP contribution in [-0.2, 0) is 6.54 Å². The number of halogens is 1. The highest BCUT2D eigenvalue weighted by Gasteiger charge is 2.27. The number of benzene rings is 1. The van der Waals surface area contributed by atoms with Crippen molar-refractivity contribution in [3.63, 3.8) is 0 Å². The van der Waals surface area contributed by atoms with E-state index in [1.54, 1.807) is 6.20 Å². The molecule has 0 unspecified atom stereocenters. The van der Waals surface area contributed by atoms with Gasteiger partial charge in [-0.15, -0.1) is 0 Å². The maximum atomic E-state index is 5.80. The minimum Gasteiger partial charge on any atom is -0.476 e. The van der Waals surface area contributed by atoms with Gasteiger partial charge in [-0.05, 0) is 17.7 Å². The monoisotopic (exact) mass is 340 g/mol. The van der Waals surface area contributed by atoms with Crippen LogP contribution in [0.15, 0.2) is 48.9 Å². The molecule has 3 aromatic rings. The highest BCUT2D eigenvalue weighted by atomic mass is 35.5. The highest BCUT2D eigenvalue weighted by molar-refractivity contribution is 6.29. The van der Waals surface area contributed by atoms with Gasteiger partial charge in [-0.2, -0.15) is 4.98 Å². The molecule has 4 rings (SSSR count). The summed E-state index contributed by atoms with van der Waals surface area (Å²) < 4.78 is 5.66. The lowest BCUT2D eigenvalue weighted by Crippen LogP contribution is -2.48. The van der Waals surface area contributed by atoms with Crippen LogP contribution >= 0.6 is 11.6 Å². The molecule has 0 N–H and O–H groups in total. The van der Waals surface area contributed by atoms with E-state index in [1.807, 2.05) is 12.3 Å². The summed E-state index contributed by atoms with van der Waals surface area (Å²) in [6.07, 6.45) is 4.97. The topological polar surface area (TPSA) is 51.1 Å². The highest BCUT2D eigenvalue weighted by Crippen LogP contribution is 2.23. The zero-order valence-corrected chi connectivity index (χ0v) is 13.9. The van der Waals surface area contributed by atoms with Crippen molar-refractivity contribution in [3.05, 3.63) is 59.6 Å². The molecule has 0 atom stereocenters. The van der Waals surface area contributed by atoms with Gasteiger partial charge in [0.15, 0.2) is 5.15 Å². The summed E-state index contributed by atoms with van der Waals surface area (Å²) in [5, 5.41) is 1.58. The summed E-state index contributed by atoms with van der Waals surface area (Å²) in [6.45, 7) is 3.62. The lowest BCUT2D eigenvalue weighted by atomic mass is 9.99. The summed E-state index contributed by atoms with van der Waals surface area (Å²) in [4.78, 5) is 14.9. The second-order valence-electron chi connectivity index (χ2n) is 6.04. The van der Waals surface area contributed by atoms with E-state index < -0.39 is 0 Å². The predicted octanol–water partition coefficient (Wildman–Crippen LogP) is 3.19. The van der Waals surface area contributed by atoms with Gasteiger partial charge in [-0.25, -0.2) is 0 Å². The molecule has 0 saturated carbocycles. The van der Waals surface area contributed by atoms with E-state index in [2.05, 4.69) is 44.1 Å². The Morgan fingerprint density at radius 1 is 1.17 bits per heavy atom. The first-order chi connectivity index (χ1) is 11.8. The van der Waals surface area contributed by atoms with Crippen LogP contribution in [0.25, 0.3) is 10.9 Å². The Balaban J connectivity index is 1.31. The van der Waals surface area contributed by atoms with Gasteiger partial charge in [0, 0.05) is 37.1 Å². The first-order valence-electron chi connectivity index (χ1n) is 7.93. The smallest absolute Gasteiger partial charge is 0.233 e. The zero-order valence-electron chi connectivity index (χ0n) is 13.1. The minimum absolute atomic E-state index is 0.354. The van der Waals surface area contributed by atoms with Crippen molar-refractivity contribution < 1.29 is 4.74 Å². The first kappa shape index (κ1) is 15.3. The molecule has 122 valence electrons. The van der Waals surface area contributed by atoms with Crippen LogP contribution in [-0.4, -0.2) is 39.5 Å². The van der Waals surface area contributed by atoms with Crippen molar-refractivity contribution in [1.29, 1.82) is 0 Å². The molecule has 0 aliphatic carbocycles. The van der Waals surface area contributed by atoms with Crippen LogP contribution in [0.1, 0.15) is 5.56 Å². The molecule has 0 amide bonds. The average Bonchev–Trinajstić information content (AvgIpc) is 2.57. The molecule has 1 aliphatic heterocycles. The summed E-state index contributed by atoms with van der Waals surface area (Å²) in [6, 6.07) is 10.4. The van der Waals surface area contributed by atoms with Gasteiger partial charge in [0.2, 0.25) is 5.88 Å². The predicted molar refractivity (Wildman–Crippen MR) is 93.0 cm³/mol. The van der Waals surface area contributed by atoms with E-state index in [1.165, 1.54) is 17.1 Å². The number of para-hydroxylation sites is 1. The maximum absolute atomic E-state index is 5.80. The third-order valence-electron chi connectivity index (χ3n) is 4.22. The van der Waals surface area contributed by atoms with Crippen LogP contribution in [0.3, 0.4) is 0 Å². The lowest BCUT2D eigenvalue weighted by Gasteiger charge is -2.39. The second kappa shape index (κ2) is 6.71. The Bertz CT molecular complexity index is 846. The van der Waals surface area contributed by atoms with E-state index in [4.69, 9.17) is 16.3 Å². The number of hydrogen-bond acceptors (Lipinski definition) is 5. The maximum Gasteiger partial charge on any atom is 0.233 e. The van der Waals surface area contributed by atoms with Crippen molar-refractivity contribution in [2.45, 2.75) is 6.54 Å². The number of likely N-dealkylation sites (tertiary alicyclic amines) is 1. The molecule has 0 spiro atoms. The number of hydrogen-bond donors (Lipinski definition) is 0. The molecule has 1 aromatic carbocycles. The molecule has 1 aliphatic rings. The van der Waals surface area contributed by atoms with E-state index in [9.17, 15) is 0 Å². The third kappa shape index (κ3) is 3.32. The fraction of sp³-hybridized carbons (Fsp3) is 0.278. The molecule has 5 nitrogen and oxygen atoms in total. The molecule has 6 heteroatoms. The largest absolute Gasteiger partial charge is 0.476 e. The fourth-order valence-corrected chi connectivity index (χ4v) is 3.18. The second-order valence-corrected chi connectivity index (χ2v) is 6.43. The quantitative estimate of drug-likeness (QED) is 0.714. The normalized spacial score (nSPS) is 15.4. The van der Waals surface area contributed by atoms with Crippen LogP contribution in [0.5, 0.6) is 5.88 Å². The molecule has 2 aromatic heterocycles.